The molecule has 0 aliphatic carbocycles. The van der Waals surface area contributed by atoms with Gasteiger partial charge in [-0.2, -0.15) is 5.26 Å². The van der Waals surface area contributed by atoms with Gasteiger partial charge in [0.25, 0.3) is 0 Å². The van der Waals surface area contributed by atoms with Crippen LogP contribution in [-0.4, -0.2) is 30.3 Å². The minimum absolute atomic E-state index is 0.499. The molecule has 1 heterocycles. The van der Waals surface area contributed by atoms with E-state index in [4.69, 9.17) is 28.6 Å². The van der Waals surface area contributed by atoms with Crippen molar-refractivity contribution < 1.29 is 4.74 Å². The van der Waals surface area contributed by atoms with Crippen molar-refractivity contribution >= 4 is 51.3 Å². The minimum Gasteiger partial charge on any atom is -0.497 e. The highest BCUT2D eigenvalue weighted by Gasteiger charge is 2.07. The van der Waals surface area contributed by atoms with Gasteiger partial charge in [0.2, 0.25) is 0 Å². The van der Waals surface area contributed by atoms with Crippen LogP contribution in [0.25, 0.3) is 10.9 Å². The molecule has 3 rings (SSSR count). The van der Waals surface area contributed by atoms with Gasteiger partial charge in [-0.3, -0.25) is 0 Å². The fourth-order valence-corrected chi connectivity index (χ4v) is 3.05. The third-order valence-corrected chi connectivity index (χ3v) is 4.67. The Labute approximate surface area is 179 Å². The quantitative estimate of drug-likeness (QED) is 0.378. The predicted molar refractivity (Wildman–Crippen MR) is 122 cm³/mol. The number of rotatable bonds is 7. The Hall–Kier alpha value is -3.08. The molecule has 0 radical (unpaired) electrons. The van der Waals surface area contributed by atoms with Crippen molar-refractivity contribution in [2.24, 2.45) is 0 Å². The van der Waals surface area contributed by atoms with E-state index in [0.29, 0.717) is 34.6 Å². The molecule has 3 aromatic rings. The molecule has 0 aliphatic rings. The molecular formula is C21H20ClN5OS. The number of methoxy groups -OCH3 is 1. The van der Waals surface area contributed by atoms with Crippen molar-refractivity contribution in [3.63, 3.8) is 0 Å². The van der Waals surface area contributed by atoms with Crippen LogP contribution in [-0.2, 0) is 0 Å². The molecule has 0 unspecified atom stereocenters. The maximum atomic E-state index is 9.43. The van der Waals surface area contributed by atoms with E-state index < -0.39 is 0 Å². The van der Waals surface area contributed by atoms with Gasteiger partial charge < -0.3 is 20.7 Å². The zero-order chi connectivity index (χ0) is 20.6. The standard InChI is InChI=1S/C21H20ClN5OS/c1-28-18-7-8-19-14(12-18)11-15(13-23)20(27-19)24-9-2-10-25-21(29)26-17-5-3-16(22)4-6-17/h3-8,11-12H,2,9-10H2,1H3,(H,24,27)(H2,25,26,29). The second kappa shape index (κ2) is 9.92. The van der Waals surface area contributed by atoms with Gasteiger partial charge in [0, 0.05) is 29.2 Å². The average Bonchev–Trinajstić information content (AvgIpc) is 2.74. The van der Waals surface area contributed by atoms with Crippen molar-refractivity contribution in [3.8, 4) is 11.8 Å². The summed E-state index contributed by atoms with van der Waals surface area (Å²) < 4.78 is 5.23. The molecule has 0 aliphatic heterocycles. The van der Waals surface area contributed by atoms with Crippen LogP contribution in [0.2, 0.25) is 5.02 Å². The van der Waals surface area contributed by atoms with Gasteiger partial charge in [-0.25, -0.2) is 4.98 Å². The summed E-state index contributed by atoms with van der Waals surface area (Å²) in [5.41, 5.74) is 2.18. The number of hydrogen-bond donors (Lipinski definition) is 3. The van der Waals surface area contributed by atoms with E-state index in [1.54, 1.807) is 19.2 Å². The number of benzene rings is 2. The fourth-order valence-electron chi connectivity index (χ4n) is 2.71. The SMILES string of the molecule is COc1ccc2nc(NCCCNC(=S)Nc3ccc(Cl)cc3)c(C#N)cc2c1. The fraction of sp³-hybridized carbons (Fsp3) is 0.190. The first kappa shape index (κ1) is 20.6. The Balaban J connectivity index is 1.49. The Kier molecular flexibility index (Phi) is 7.06. The lowest BCUT2D eigenvalue weighted by atomic mass is 10.1. The summed E-state index contributed by atoms with van der Waals surface area (Å²) in [6, 6.07) is 16.9. The highest BCUT2D eigenvalue weighted by atomic mass is 35.5. The molecule has 0 amide bonds. The zero-order valence-corrected chi connectivity index (χ0v) is 17.4. The van der Waals surface area contributed by atoms with E-state index in [1.807, 2.05) is 36.4 Å². The van der Waals surface area contributed by atoms with Gasteiger partial charge in [-0.1, -0.05) is 11.6 Å². The Morgan fingerprint density at radius 3 is 2.69 bits per heavy atom. The van der Waals surface area contributed by atoms with E-state index in [2.05, 4.69) is 27.0 Å². The molecule has 0 atom stereocenters. The average molecular weight is 426 g/mol. The maximum Gasteiger partial charge on any atom is 0.170 e. The molecule has 0 saturated carbocycles. The van der Waals surface area contributed by atoms with Crippen molar-refractivity contribution in [1.82, 2.24) is 10.3 Å². The van der Waals surface area contributed by atoms with E-state index in [0.717, 1.165) is 28.8 Å². The molecule has 6 nitrogen and oxygen atoms in total. The number of ether oxygens (including phenoxy) is 1. The van der Waals surface area contributed by atoms with Crippen LogP contribution in [0, 0.1) is 11.3 Å². The summed E-state index contributed by atoms with van der Waals surface area (Å²) in [5, 5.41) is 21.0. The number of halogens is 1. The molecule has 0 fully saturated rings. The minimum atomic E-state index is 0.499. The molecule has 3 N–H and O–H groups in total. The van der Waals surface area contributed by atoms with Crippen LogP contribution < -0.4 is 20.7 Å². The highest BCUT2D eigenvalue weighted by molar-refractivity contribution is 7.80. The number of thiocarbonyl (C=S) groups is 1. The van der Waals surface area contributed by atoms with Crippen molar-refractivity contribution in [3.05, 3.63) is 59.1 Å². The lowest BCUT2D eigenvalue weighted by molar-refractivity contribution is 0.415. The molecule has 0 spiro atoms. The summed E-state index contributed by atoms with van der Waals surface area (Å²) >= 11 is 11.2. The van der Waals surface area contributed by atoms with Crippen molar-refractivity contribution in [2.75, 3.05) is 30.8 Å². The van der Waals surface area contributed by atoms with Gasteiger partial charge in [0.1, 0.15) is 17.6 Å². The van der Waals surface area contributed by atoms with Crippen LogP contribution in [0.15, 0.2) is 48.5 Å². The van der Waals surface area contributed by atoms with Gasteiger partial charge in [-0.15, -0.1) is 0 Å². The number of fused-ring (bicyclic) bond motifs is 1. The molecule has 0 saturated heterocycles. The highest BCUT2D eigenvalue weighted by Crippen LogP contribution is 2.24. The Morgan fingerprint density at radius 2 is 1.97 bits per heavy atom. The molecule has 8 heteroatoms. The summed E-state index contributed by atoms with van der Waals surface area (Å²) in [6.07, 6.45) is 0.801. The maximum absolute atomic E-state index is 9.43. The molecule has 2 aromatic carbocycles. The Morgan fingerprint density at radius 1 is 1.17 bits per heavy atom. The number of hydrogen-bond acceptors (Lipinski definition) is 5. The first-order valence-corrected chi connectivity index (χ1v) is 9.81. The third-order valence-electron chi connectivity index (χ3n) is 4.18. The normalized spacial score (nSPS) is 10.2. The van der Waals surface area contributed by atoms with Crippen molar-refractivity contribution in [2.45, 2.75) is 6.42 Å². The second-order valence-corrected chi connectivity index (χ2v) is 7.07. The lowest BCUT2D eigenvalue weighted by Gasteiger charge is -2.12. The van der Waals surface area contributed by atoms with Crippen LogP contribution in [0.3, 0.4) is 0 Å². The first-order valence-electron chi connectivity index (χ1n) is 9.02. The van der Waals surface area contributed by atoms with Crippen LogP contribution in [0.4, 0.5) is 11.5 Å². The number of nitrogens with zero attached hydrogens (tertiary/aromatic N) is 2. The third kappa shape index (κ3) is 5.70. The lowest BCUT2D eigenvalue weighted by Crippen LogP contribution is -2.30. The predicted octanol–water partition coefficient (Wildman–Crippen LogP) is 4.56. The molecule has 0 bridgehead atoms. The molecule has 148 valence electrons. The van der Waals surface area contributed by atoms with E-state index in [1.165, 1.54) is 0 Å². The van der Waals surface area contributed by atoms with Crippen LogP contribution in [0.5, 0.6) is 5.75 Å². The van der Waals surface area contributed by atoms with Crippen LogP contribution >= 0.6 is 23.8 Å². The van der Waals surface area contributed by atoms with E-state index in [9.17, 15) is 5.26 Å². The number of nitrogens with one attached hydrogen (secondary N) is 3. The number of anilines is 2. The first-order chi connectivity index (χ1) is 14.1. The smallest absolute Gasteiger partial charge is 0.170 e. The van der Waals surface area contributed by atoms with E-state index in [-0.39, 0.29) is 0 Å². The van der Waals surface area contributed by atoms with Gasteiger partial charge in [0.05, 0.1) is 18.2 Å². The molecule has 1 aromatic heterocycles. The summed E-state index contributed by atoms with van der Waals surface area (Å²) in [7, 11) is 1.61. The van der Waals surface area contributed by atoms with Gasteiger partial charge in [-0.05, 0) is 67.2 Å². The van der Waals surface area contributed by atoms with Crippen LogP contribution in [0.1, 0.15) is 12.0 Å². The molecule has 29 heavy (non-hydrogen) atoms. The summed E-state index contributed by atoms with van der Waals surface area (Å²) in [4.78, 5) is 4.56. The molecular weight excluding hydrogens is 406 g/mol. The second-order valence-electron chi connectivity index (χ2n) is 6.22. The zero-order valence-electron chi connectivity index (χ0n) is 15.8. The van der Waals surface area contributed by atoms with E-state index >= 15 is 0 Å². The summed E-state index contributed by atoms with van der Waals surface area (Å²) in [6.45, 7) is 1.33. The topological polar surface area (TPSA) is 82.0 Å². The number of nitriles is 1. The van der Waals surface area contributed by atoms with Gasteiger partial charge in [0.15, 0.2) is 5.11 Å². The Bertz CT molecular complexity index is 1050. The largest absolute Gasteiger partial charge is 0.497 e. The summed E-state index contributed by atoms with van der Waals surface area (Å²) in [5.74, 6) is 1.31. The monoisotopic (exact) mass is 425 g/mol. The van der Waals surface area contributed by atoms with Crippen molar-refractivity contribution in [1.29, 1.82) is 5.26 Å². The number of aromatic nitrogens is 1. The number of pyridine rings is 1. The van der Waals surface area contributed by atoms with Gasteiger partial charge >= 0.3 is 0 Å².